The molecule has 0 unspecified atom stereocenters. The van der Waals surface area contributed by atoms with Crippen LogP contribution in [0.2, 0.25) is 0 Å². The number of hydrogen-bond donors (Lipinski definition) is 1. The number of likely N-dealkylation sites (N-methyl/N-ethyl adjacent to an activating group) is 1. The lowest BCUT2D eigenvalue weighted by Crippen LogP contribution is -2.40. The van der Waals surface area contributed by atoms with E-state index in [0.717, 1.165) is 15.6 Å². The highest BCUT2D eigenvalue weighted by atomic mass is 32.1. The lowest BCUT2D eigenvalue weighted by atomic mass is 10.1. The number of amides is 2. The minimum absolute atomic E-state index is 0.0394. The number of carbonyl (C=O) groups excluding carboxylic acids is 2. The maximum Gasteiger partial charge on any atom is 0.264 e. The number of thiophene rings is 1. The van der Waals surface area contributed by atoms with Crippen molar-refractivity contribution >= 4 is 33.2 Å². The Morgan fingerprint density at radius 2 is 2.00 bits per heavy atom. The van der Waals surface area contributed by atoms with E-state index in [2.05, 4.69) is 5.32 Å². The van der Waals surface area contributed by atoms with Crippen molar-refractivity contribution in [2.75, 3.05) is 20.7 Å². The first-order chi connectivity index (χ1) is 10.9. The fourth-order valence-electron chi connectivity index (χ4n) is 2.39. The summed E-state index contributed by atoms with van der Waals surface area (Å²) in [5.74, 6) is -0.317. The van der Waals surface area contributed by atoms with Crippen LogP contribution in [0, 0.1) is 0 Å². The molecule has 0 aliphatic carbocycles. The van der Waals surface area contributed by atoms with Crippen LogP contribution in [0.4, 0.5) is 0 Å². The molecule has 0 aliphatic rings. The molecule has 5 nitrogen and oxygen atoms in total. The van der Waals surface area contributed by atoms with E-state index in [1.165, 1.54) is 16.2 Å². The molecule has 0 fully saturated rings. The lowest BCUT2D eigenvalue weighted by Gasteiger charge is -2.18. The molecular formula is C17H22N2O3S. The number of nitrogens with zero attached hydrogens (tertiary/aromatic N) is 1. The van der Waals surface area contributed by atoms with Crippen molar-refractivity contribution in [1.29, 1.82) is 0 Å². The van der Waals surface area contributed by atoms with E-state index in [-0.39, 0.29) is 24.4 Å². The molecule has 2 aromatic rings. The molecule has 2 rings (SSSR count). The van der Waals surface area contributed by atoms with Gasteiger partial charge in [-0.15, -0.1) is 11.3 Å². The van der Waals surface area contributed by atoms with Crippen LogP contribution in [0.15, 0.2) is 24.3 Å². The monoisotopic (exact) mass is 334 g/mol. The Morgan fingerprint density at radius 1 is 1.30 bits per heavy atom. The van der Waals surface area contributed by atoms with Crippen LogP contribution in [0.1, 0.15) is 29.1 Å². The van der Waals surface area contributed by atoms with E-state index in [9.17, 15) is 9.59 Å². The van der Waals surface area contributed by atoms with Gasteiger partial charge in [0.15, 0.2) is 0 Å². The van der Waals surface area contributed by atoms with Crippen LogP contribution in [-0.2, 0) is 16.1 Å². The van der Waals surface area contributed by atoms with E-state index in [4.69, 9.17) is 4.74 Å². The van der Waals surface area contributed by atoms with Crippen LogP contribution in [0.3, 0.4) is 0 Å². The van der Waals surface area contributed by atoms with E-state index >= 15 is 0 Å². The molecule has 1 aromatic heterocycles. The van der Waals surface area contributed by atoms with Gasteiger partial charge in [-0.05, 0) is 25.3 Å². The van der Waals surface area contributed by atoms with Crippen LogP contribution >= 0.6 is 11.3 Å². The second-order valence-corrected chi connectivity index (χ2v) is 6.77. The zero-order valence-corrected chi connectivity index (χ0v) is 14.7. The Bertz CT molecular complexity index is 709. The minimum atomic E-state index is -0.162. The van der Waals surface area contributed by atoms with Crippen molar-refractivity contribution < 1.29 is 14.3 Å². The SMILES string of the molecule is COCc1c(C(=O)N(C)CC(=O)NC(C)C)sc2ccccc12. The number of benzene rings is 1. The summed E-state index contributed by atoms with van der Waals surface area (Å²) >= 11 is 1.44. The number of methoxy groups -OCH3 is 1. The number of hydrogen-bond acceptors (Lipinski definition) is 4. The Labute approximate surface area is 140 Å². The molecule has 0 bridgehead atoms. The highest BCUT2D eigenvalue weighted by Crippen LogP contribution is 2.32. The van der Waals surface area contributed by atoms with Crippen molar-refractivity contribution in [2.45, 2.75) is 26.5 Å². The van der Waals surface area contributed by atoms with Gasteiger partial charge < -0.3 is 15.0 Å². The quantitative estimate of drug-likeness (QED) is 0.883. The summed E-state index contributed by atoms with van der Waals surface area (Å²) < 4.78 is 6.30. The molecule has 1 N–H and O–H groups in total. The summed E-state index contributed by atoms with van der Waals surface area (Å²) in [5, 5.41) is 3.82. The van der Waals surface area contributed by atoms with Gasteiger partial charge in [0.1, 0.15) is 0 Å². The van der Waals surface area contributed by atoms with Gasteiger partial charge >= 0.3 is 0 Å². The van der Waals surface area contributed by atoms with Gasteiger partial charge in [-0.25, -0.2) is 0 Å². The third kappa shape index (κ3) is 4.09. The van der Waals surface area contributed by atoms with Crippen molar-refractivity contribution in [3.63, 3.8) is 0 Å². The Kier molecular flexibility index (Phi) is 5.74. The van der Waals surface area contributed by atoms with E-state index in [1.54, 1.807) is 14.2 Å². The van der Waals surface area contributed by atoms with E-state index in [1.807, 2.05) is 38.1 Å². The molecule has 2 amide bonds. The first-order valence-corrected chi connectivity index (χ1v) is 8.29. The summed E-state index contributed by atoms with van der Waals surface area (Å²) in [6, 6.07) is 7.93. The molecule has 0 saturated heterocycles. The summed E-state index contributed by atoms with van der Waals surface area (Å²) in [4.78, 5) is 26.7. The Balaban J connectivity index is 2.26. The molecule has 0 atom stereocenters. The number of rotatable bonds is 6. The lowest BCUT2D eigenvalue weighted by molar-refractivity contribution is -0.122. The van der Waals surface area contributed by atoms with Gasteiger partial charge in [0.05, 0.1) is 18.0 Å². The maximum atomic E-state index is 12.7. The third-order valence-corrected chi connectivity index (χ3v) is 4.56. The van der Waals surface area contributed by atoms with Crippen LogP contribution in [0.5, 0.6) is 0 Å². The smallest absolute Gasteiger partial charge is 0.264 e. The van der Waals surface area contributed by atoms with Crippen molar-refractivity contribution in [2.24, 2.45) is 0 Å². The van der Waals surface area contributed by atoms with E-state index in [0.29, 0.717) is 11.5 Å². The molecule has 0 spiro atoms. The molecule has 1 heterocycles. The van der Waals surface area contributed by atoms with Crippen molar-refractivity contribution in [3.05, 3.63) is 34.7 Å². The fourth-order valence-corrected chi connectivity index (χ4v) is 3.59. The highest BCUT2D eigenvalue weighted by molar-refractivity contribution is 7.21. The second kappa shape index (κ2) is 7.57. The van der Waals surface area contributed by atoms with Gasteiger partial charge in [0, 0.05) is 30.5 Å². The average molecular weight is 334 g/mol. The average Bonchev–Trinajstić information content (AvgIpc) is 2.85. The summed E-state index contributed by atoms with van der Waals surface area (Å²) in [5.41, 5.74) is 0.884. The summed E-state index contributed by atoms with van der Waals surface area (Å²) in [6.45, 7) is 4.19. The molecule has 0 saturated carbocycles. The Morgan fingerprint density at radius 3 is 2.65 bits per heavy atom. The summed E-state index contributed by atoms with van der Waals surface area (Å²) in [6.07, 6.45) is 0. The minimum Gasteiger partial charge on any atom is -0.380 e. The van der Waals surface area contributed by atoms with Gasteiger partial charge in [0.25, 0.3) is 5.91 Å². The zero-order valence-electron chi connectivity index (χ0n) is 13.9. The molecule has 6 heteroatoms. The fraction of sp³-hybridized carbons (Fsp3) is 0.412. The number of carbonyl (C=O) groups is 2. The van der Waals surface area contributed by atoms with Gasteiger partial charge in [-0.1, -0.05) is 18.2 Å². The zero-order chi connectivity index (χ0) is 17.0. The second-order valence-electron chi connectivity index (χ2n) is 5.72. The van der Waals surface area contributed by atoms with Crippen molar-refractivity contribution in [3.8, 4) is 0 Å². The van der Waals surface area contributed by atoms with Crippen molar-refractivity contribution in [1.82, 2.24) is 10.2 Å². The first kappa shape index (κ1) is 17.4. The number of ether oxygens (including phenoxy) is 1. The predicted molar refractivity (Wildman–Crippen MR) is 92.8 cm³/mol. The predicted octanol–water partition coefficient (Wildman–Crippen LogP) is 2.64. The topological polar surface area (TPSA) is 58.6 Å². The van der Waals surface area contributed by atoms with Crippen LogP contribution < -0.4 is 5.32 Å². The highest BCUT2D eigenvalue weighted by Gasteiger charge is 2.22. The standard InChI is InChI=1S/C17H22N2O3S/c1-11(2)18-15(20)9-19(3)17(21)16-13(10-22-4)12-7-5-6-8-14(12)23-16/h5-8,11H,9-10H2,1-4H3,(H,18,20). The van der Waals surface area contributed by atoms with Gasteiger partial charge in [0.2, 0.25) is 5.91 Å². The molecule has 0 aliphatic heterocycles. The largest absolute Gasteiger partial charge is 0.380 e. The number of nitrogens with one attached hydrogen (secondary N) is 1. The molecule has 1 aromatic carbocycles. The maximum absolute atomic E-state index is 12.7. The molecule has 124 valence electrons. The number of fused-ring (bicyclic) bond motifs is 1. The van der Waals surface area contributed by atoms with Gasteiger partial charge in [-0.3, -0.25) is 9.59 Å². The third-order valence-electron chi connectivity index (χ3n) is 3.36. The van der Waals surface area contributed by atoms with E-state index < -0.39 is 0 Å². The van der Waals surface area contributed by atoms with Gasteiger partial charge in [-0.2, -0.15) is 0 Å². The normalized spacial score (nSPS) is 11.0. The summed E-state index contributed by atoms with van der Waals surface area (Å²) in [7, 11) is 3.25. The first-order valence-electron chi connectivity index (χ1n) is 7.48. The Hall–Kier alpha value is -1.92. The molecular weight excluding hydrogens is 312 g/mol. The molecule has 0 radical (unpaired) electrons. The van der Waals surface area contributed by atoms with Crippen LogP contribution in [0.25, 0.3) is 10.1 Å². The molecule has 23 heavy (non-hydrogen) atoms. The van der Waals surface area contributed by atoms with Crippen LogP contribution in [-0.4, -0.2) is 43.5 Å².